The summed E-state index contributed by atoms with van der Waals surface area (Å²) in [5, 5.41) is 0. The third-order valence-corrected chi connectivity index (χ3v) is 3.99. The molecule has 20 heavy (non-hydrogen) atoms. The topological polar surface area (TPSA) is 38.2 Å². The Balaban J connectivity index is 2.42. The molecule has 1 fully saturated rings. The molecule has 0 aromatic carbocycles. The highest BCUT2D eigenvalue weighted by molar-refractivity contribution is 6.83. The van der Waals surface area contributed by atoms with E-state index in [1.165, 1.54) is 0 Å². The number of hydrogen-bond donors (Lipinski definition) is 0. The maximum Gasteiger partial charge on any atom is 0.148 e. The molecule has 0 radical (unpaired) electrons. The molecule has 1 aromatic heterocycles. The minimum Gasteiger partial charge on any atom is -0.378 e. The van der Waals surface area contributed by atoms with Gasteiger partial charge in [0.25, 0.3) is 0 Å². The van der Waals surface area contributed by atoms with Crippen LogP contribution in [0.5, 0.6) is 0 Å². The molecule has 2 rings (SSSR count). The fourth-order valence-corrected chi connectivity index (χ4v) is 2.57. The molecule has 1 aliphatic rings. The van der Waals surface area contributed by atoms with Crippen molar-refractivity contribution in [2.45, 2.75) is 33.0 Å². The van der Waals surface area contributed by atoms with Crippen LogP contribution >= 0.6 is 0 Å². The van der Waals surface area contributed by atoms with Crippen LogP contribution < -0.4 is 4.90 Å². The SMILES string of the molecule is CCc1ncnc(N2CCOCC2)c1C#C[Si](C)(C)C. The van der Waals surface area contributed by atoms with Crippen LogP contribution in [-0.2, 0) is 11.2 Å². The number of rotatable bonds is 2. The van der Waals surface area contributed by atoms with Crippen LogP contribution in [0.1, 0.15) is 18.2 Å². The van der Waals surface area contributed by atoms with Gasteiger partial charge in [-0.25, -0.2) is 9.97 Å². The second-order valence-corrected chi connectivity index (χ2v) is 10.7. The van der Waals surface area contributed by atoms with E-state index in [-0.39, 0.29) is 0 Å². The molecule has 1 saturated heterocycles. The van der Waals surface area contributed by atoms with E-state index >= 15 is 0 Å². The molecule has 0 N–H and O–H groups in total. The Morgan fingerprint density at radius 3 is 2.55 bits per heavy atom. The number of nitrogens with zero attached hydrogens (tertiary/aromatic N) is 3. The lowest BCUT2D eigenvalue weighted by atomic mass is 10.1. The summed E-state index contributed by atoms with van der Waals surface area (Å²) < 4.78 is 5.42. The maximum absolute atomic E-state index is 5.42. The minimum atomic E-state index is -1.41. The fraction of sp³-hybridized carbons (Fsp3) is 0.600. The lowest BCUT2D eigenvalue weighted by molar-refractivity contribution is 0.122. The molecule has 0 saturated carbocycles. The molecule has 0 aliphatic carbocycles. The van der Waals surface area contributed by atoms with Crippen LogP contribution in [0.3, 0.4) is 0 Å². The third kappa shape index (κ3) is 3.81. The van der Waals surface area contributed by atoms with Crippen LogP contribution in [0, 0.1) is 11.5 Å². The van der Waals surface area contributed by atoms with Gasteiger partial charge in [-0.05, 0) is 6.42 Å². The Kier molecular flexibility index (Phi) is 4.79. The Bertz CT molecular complexity index is 522. The minimum absolute atomic E-state index is 0.756. The summed E-state index contributed by atoms with van der Waals surface area (Å²) in [6, 6.07) is 0. The average Bonchev–Trinajstić information content (AvgIpc) is 2.44. The van der Waals surface area contributed by atoms with E-state index < -0.39 is 8.07 Å². The van der Waals surface area contributed by atoms with Gasteiger partial charge < -0.3 is 9.64 Å². The quantitative estimate of drug-likeness (QED) is 0.617. The van der Waals surface area contributed by atoms with Gasteiger partial charge in [-0.3, -0.25) is 0 Å². The molecule has 2 heterocycles. The van der Waals surface area contributed by atoms with Gasteiger partial charge in [0.15, 0.2) is 0 Å². The summed E-state index contributed by atoms with van der Waals surface area (Å²) in [6.07, 6.45) is 2.54. The van der Waals surface area contributed by atoms with Crippen molar-refractivity contribution in [3.8, 4) is 11.5 Å². The molecular weight excluding hydrogens is 266 g/mol. The molecule has 5 heteroatoms. The molecule has 1 aliphatic heterocycles. The molecule has 0 atom stereocenters. The van der Waals surface area contributed by atoms with Crippen LogP contribution in [0.15, 0.2) is 6.33 Å². The van der Waals surface area contributed by atoms with Crippen molar-refractivity contribution >= 4 is 13.9 Å². The molecule has 0 spiro atoms. The first-order valence-corrected chi connectivity index (χ1v) is 10.7. The van der Waals surface area contributed by atoms with Gasteiger partial charge in [-0.2, -0.15) is 0 Å². The van der Waals surface area contributed by atoms with Crippen molar-refractivity contribution in [3.63, 3.8) is 0 Å². The predicted molar refractivity (Wildman–Crippen MR) is 84.7 cm³/mol. The molecule has 0 bridgehead atoms. The summed E-state index contributed by atoms with van der Waals surface area (Å²) in [5.41, 5.74) is 5.50. The van der Waals surface area contributed by atoms with Crippen molar-refractivity contribution in [1.29, 1.82) is 0 Å². The van der Waals surface area contributed by atoms with E-state index in [2.05, 4.69) is 52.9 Å². The van der Waals surface area contributed by atoms with E-state index in [0.717, 1.165) is 49.8 Å². The first kappa shape index (κ1) is 15.0. The second kappa shape index (κ2) is 6.38. The van der Waals surface area contributed by atoms with Gasteiger partial charge in [0.2, 0.25) is 0 Å². The Morgan fingerprint density at radius 2 is 1.95 bits per heavy atom. The monoisotopic (exact) mass is 289 g/mol. The largest absolute Gasteiger partial charge is 0.378 e. The van der Waals surface area contributed by atoms with Gasteiger partial charge in [-0.1, -0.05) is 32.5 Å². The van der Waals surface area contributed by atoms with Crippen LogP contribution in [0.2, 0.25) is 19.6 Å². The normalized spacial score (nSPS) is 15.7. The number of anilines is 1. The lowest BCUT2D eigenvalue weighted by Gasteiger charge is -2.28. The summed E-state index contributed by atoms with van der Waals surface area (Å²) in [7, 11) is -1.41. The predicted octanol–water partition coefficient (Wildman–Crippen LogP) is 2.10. The molecule has 0 unspecified atom stereocenters. The molecule has 1 aromatic rings. The summed E-state index contributed by atoms with van der Waals surface area (Å²) in [4.78, 5) is 11.1. The molecule has 0 amide bonds. The number of aromatic nitrogens is 2. The van der Waals surface area contributed by atoms with Gasteiger partial charge >= 0.3 is 0 Å². The smallest absolute Gasteiger partial charge is 0.148 e. The number of hydrogen-bond acceptors (Lipinski definition) is 4. The summed E-state index contributed by atoms with van der Waals surface area (Å²) >= 11 is 0. The summed E-state index contributed by atoms with van der Waals surface area (Å²) in [6.45, 7) is 12.1. The third-order valence-electron chi connectivity index (χ3n) is 3.11. The van der Waals surface area contributed by atoms with Gasteiger partial charge in [0, 0.05) is 13.1 Å². The van der Waals surface area contributed by atoms with E-state index in [1.807, 2.05) is 0 Å². The first-order chi connectivity index (χ1) is 9.51. The van der Waals surface area contributed by atoms with E-state index in [0.29, 0.717) is 0 Å². The van der Waals surface area contributed by atoms with E-state index in [4.69, 9.17) is 4.74 Å². The van der Waals surface area contributed by atoms with Crippen LogP contribution in [0.25, 0.3) is 0 Å². The lowest BCUT2D eigenvalue weighted by Crippen LogP contribution is -2.37. The van der Waals surface area contributed by atoms with Crippen molar-refractivity contribution in [3.05, 3.63) is 17.6 Å². The maximum atomic E-state index is 5.42. The van der Waals surface area contributed by atoms with Crippen molar-refractivity contribution in [2.75, 3.05) is 31.2 Å². The standard InChI is InChI=1S/C15H23N3OSi/c1-5-14-13(6-11-20(2,3)4)15(17-12-16-14)18-7-9-19-10-8-18/h12H,5,7-10H2,1-4H3. The number of aryl methyl sites for hydroxylation is 1. The van der Waals surface area contributed by atoms with Gasteiger partial charge in [0.05, 0.1) is 24.5 Å². The average molecular weight is 289 g/mol. The first-order valence-electron chi connectivity index (χ1n) is 7.21. The fourth-order valence-electron chi connectivity index (χ4n) is 2.07. The number of morpholine rings is 1. The van der Waals surface area contributed by atoms with Crippen LogP contribution in [0.4, 0.5) is 5.82 Å². The highest BCUT2D eigenvalue weighted by Crippen LogP contribution is 2.20. The zero-order valence-electron chi connectivity index (χ0n) is 12.9. The van der Waals surface area contributed by atoms with Crippen molar-refractivity contribution in [1.82, 2.24) is 9.97 Å². The molecule has 108 valence electrons. The van der Waals surface area contributed by atoms with Crippen LogP contribution in [-0.4, -0.2) is 44.3 Å². The van der Waals surface area contributed by atoms with Crippen molar-refractivity contribution in [2.24, 2.45) is 0 Å². The zero-order valence-corrected chi connectivity index (χ0v) is 13.9. The Morgan fingerprint density at radius 1 is 1.25 bits per heavy atom. The summed E-state index contributed by atoms with van der Waals surface area (Å²) in [5.74, 6) is 4.35. The van der Waals surface area contributed by atoms with E-state index in [1.54, 1.807) is 6.33 Å². The van der Waals surface area contributed by atoms with Crippen molar-refractivity contribution < 1.29 is 4.74 Å². The van der Waals surface area contributed by atoms with E-state index in [9.17, 15) is 0 Å². The highest BCUT2D eigenvalue weighted by Gasteiger charge is 2.18. The Hall–Kier alpha value is -1.38. The van der Waals surface area contributed by atoms with Gasteiger partial charge in [-0.15, -0.1) is 5.54 Å². The zero-order chi connectivity index (χ0) is 14.6. The van der Waals surface area contributed by atoms with Gasteiger partial charge in [0.1, 0.15) is 20.2 Å². The molecular formula is C15H23N3OSi. The second-order valence-electron chi connectivity index (χ2n) is 5.97. The Labute approximate surface area is 122 Å². The molecule has 4 nitrogen and oxygen atoms in total. The highest BCUT2D eigenvalue weighted by atomic mass is 28.3. The number of ether oxygens (including phenoxy) is 1.